The first-order valence-electron chi connectivity index (χ1n) is 6.59. The standard InChI is InChI=1S/C14H21BrN2O2/c1-18-13-2-3-14(15)11(8-13)7-12(17-16)6-10-4-5-19-9-10/h2-3,8,10,12,17H,4-7,9,16H2,1H3. The number of benzene rings is 1. The smallest absolute Gasteiger partial charge is 0.119 e. The van der Waals surface area contributed by atoms with Gasteiger partial charge in [-0.15, -0.1) is 0 Å². The molecule has 19 heavy (non-hydrogen) atoms. The van der Waals surface area contributed by atoms with Gasteiger partial charge in [-0.1, -0.05) is 15.9 Å². The summed E-state index contributed by atoms with van der Waals surface area (Å²) < 4.78 is 11.8. The molecular weight excluding hydrogens is 308 g/mol. The minimum Gasteiger partial charge on any atom is -0.497 e. The Hall–Kier alpha value is -0.620. The third kappa shape index (κ3) is 4.18. The lowest BCUT2D eigenvalue weighted by Crippen LogP contribution is -2.38. The van der Waals surface area contributed by atoms with Crippen molar-refractivity contribution in [3.8, 4) is 5.75 Å². The molecule has 3 N–H and O–H groups in total. The second-order valence-corrected chi connectivity index (χ2v) is 5.84. The van der Waals surface area contributed by atoms with Crippen molar-refractivity contribution in [3.63, 3.8) is 0 Å². The number of ether oxygens (including phenoxy) is 2. The average molecular weight is 329 g/mol. The minimum atomic E-state index is 0.259. The molecule has 1 fully saturated rings. The lowest BCUT2D eigenvalue weighted by atomic mass is 9.95. The van der Waals surface area contributed by atoms with Crippen molar-refractivity contribution in [2.45, 2.75) is 25.3 Å². The Morgan fingerprint density at radius 3 is 3.05 bits per heavy atom. The van der Waals surface area contributed by atoms with Crippen LogP contribution in [-0.2, 0) is 11.2 Å². The molecule has 1 heterocycles. The van der Waals surface area contributed by atoms with Crippen molar-refractivity contribution in [3.05, 3.63) is 28.2 Å². The molecule has 1 aromatic rings. The van der Waals surface area contributed by atoms with Crippen molar-refractivity contribution in [2.75, 3.05) is 20.3 Å². The van der Waals surface area contributed by atoms with E-state index in [0.29, 0.717) is 5.92 Å². The Balaban J connectivity index is 2.00. The van der Waals surface area contributed by atoms with E-state index in [-0.39, 0.29) is 6.04 Å². The van der Waals surface area contributed by atoms with E-state index in [1.807, 2.05) is 12.1 Å². The zero-order chi connectivity index (χ0) is 13.7. The fourth-order valence-corrected chi connectivity index (χ4v) is 2.89. The summed E-state index contributed by atoms with van der Waals surface area (Å²) in [4.78, 5) is 0. The maximum Gasteiger partial charge on any atom is 0.119 e. The Kier molecular flexibility index (Phi) is 5.63. The highest BCUT2D eigenvalue weighted by atomic mass is 79.9. The predicted molar refractivity (Wildman–Crippen MR) is 79.1 cm³/mol. The highest BCUT2D eigenvalue weighted by Gasteiger charge is 2.21. The molecule has 5 heteroatoms. The van der Waals surface area contributed by atoms with E-state index >= 15 is 0 Å². The van der Waals surface area contributed by atoms with Crippen molar-refractivity contribution in [2.24, 2.45) is 11.8 Å². The summed E-state index contributed by atoms with van der Waals surface area (Å²) in [5, 5.41) is 0. The van der Waals surface area contributed by atoms with Gasteiger partial charge in [0.05, 0.1) is 7.11 Å². The molecule has 1 aromatic carbocycles. The average Bonchev–Trinajstić information content (AvgIpc) is 2.93. The van der Waals surface area contributed by atoms with Gasteiger partial charge in [-0.05, 0) is 48.9 Å². The summed E-state index contributed by atoms with van der Waals surface area (Å²) in [5.74, 6) is 7.17. The molecule has 106 valence electrons. The molecule has 2 unspecified atom stereocenters. The third-order valence-corrected chi connectivity index (χ3v) is 4.37. The number of nitrogens with one attached hydrogen (secondary N) is 1. The van der Waals surface area contributed by atoms with Gasteiger partial charge >= 0.3 is 0 Å². The molecule has 0 amide bonds. The molecule has 4 nitrogen and oxygen atoms in total. The van der Waals surface area contributed by atoms with Crippen LogP contribution in [0.1, 0.15) is 18.4 Å². The molecule has 1 saturated heterocycles. The molecule has 0 spiro atoms. The zero-order valence-corrected chi connectivity index (χ0v) is 12.8. The lowest BCUT2D eigenvalue weighted by Gasteiger charge is -2.20. The van der Waals surface area contributed by atoms with Crippen LogP contribution in [0.3, 0.4) is 0 Å². The molecule has 2 atom stereocenters. The number of rotatable bonds is 6. The molecule has 0 aliphatic carbocycles. The van der Waals surface area contributed by atoms with Crippen LogP contribution in [0.2, 0.25) is 0 Å². The fourth-order valence-electron chi connectivity index (χ4n) is 2.48. The van der Waals surface area contributed by atoms with Crippen LogP contribution in [0.25, 0.3) is 0 Å². The van der Waals surface area contributed by atoms with Crippen LogP contribution >= 0.6 is 15.9 Å². The third-order valence-electron chi connectivity index (χ3n) is 3.60. The second kappa shape index (κ2) is 7.24. The molecule has 2 rings (SSSR count). The normalized spacial score (nSPS) is 20.5. The van der Waals surface area contributed by atoms with Crippen LogP contribution in [0.15, 0.2) is 22.7 Å². The van der Waals surface area contributed by atoms with Gasteiger partial charge in [0.15, 0.2) is 0 Å². The van der Waals surface area contributed by atoms with Crippen LogP contribution in [0.4, 0.5) is 0 Å². The molecule has 0 aromatic heterocycles. The topological polar surface area (TPSA) is 56.5 Å². The van der Waals surface area contributed by atoms with Gasteiger partial charge in [0, 0.05) is 23.7 Å². The van der Waals surface area contributed by atoms with E-state index in [9.17, 15) is 0 Å². The number of halogens is 1. The quantitative estimate of drug-likeness (QED) is 0.621. The van der Waals surface area contributed by atoms with Crippen molar-refractivity contribution < 1.29 is 9.47 Å². The number of nitrogens with two attached hydrogens (primary N) is 1. The Labute approximate surface area is 122 Å². The van der Waals surface area contributed by atoms with Crippen molar-refractivity contribution >= 4 is 15.9 Å². The van der Waals surface area contributed by atoms with Gasteiger partial charge in [-0.3, -0.25) is 11.3 Å². The molecule has 1 aliphatic heterocycles. The van der Waals surface area contributed by atoms with Gasteiger partial charge < -0.3 is 9.47 Å². The van der Waals surface area contributed by atoms with Crippen LogP contribution < -0.4 is 16.0 Å². The number of hydrazine groups is 1. The number of hydrogen-bond donors (Lipinski definition) is 2. The van der Waals surface area contributed by atoms with Crippen molar-refractivity contribution in [1.82, 2.24) is 5.43 Å². The predicted octanol–water partition coefficient (Wildman–Crippen LogP) is 2.26. The lowest BCUT2D eigenvalue weighted by molar-refractivity contribution is 0.181. The Morgan fingerprint density at radius 2 is 2.42 bits per heavy atom. The maximum atomic E-state index is 5.68. The van der Waals surface area contributed by atoms with Gasteiger partial charge in [0.1, 0.15) is 5.75 Å². The largest absolute Gasteiger partial charge is 0.497 e. The SMILES string of the molecule is COc1ccc(Br)c(CC(CC2CCOC2)NN)c1. The Morgan fingerprint density at radius 1 is 1.58 bits per heavy atom. The summed E-state index contributed by atoms with van der Waals surface area (Å²) in [6, 6.07) is 6.28. The summed E-state index contributed by atoms with van der Waals surface area (Å²) in [7, 11) is 1.68. The van der Waals surface area contributed by atoms with E-state index in [1.165, 1.54) is 5.56 Å². The highest BCUT2D eigenvalue weighted by Crippen LogP contribution is 2.26. The highest BCUT2D eigenvalue weighted by molar-refractivity contribution is 9.10. The first kappa shape index (κ1) is 14.8. The van der Waals surface area contributed by atoms with Crippen LogP contribution in [-0.4, -0.2) is 26.4 Å². The number of methoxy groups -OCH3 is 1. The van der Waals surface area contributed by atoms with E-state index in [4.69, 9.17) is 15.3 Å². The summed E-state index contributed by atoms with van der Waals surface area (Å²) in [6.07, 6.45) is 3.06. The van der Waals surface area contributed by atoms with E-state index in [1.54, 1.807) is 7.11 Å². The van der Waals surface area contributed by atoms with Crippen LogP contribution in [0, 0.1) is 5.92 Å². The zero-order valence-electron chi connectivity index (χ0n) is 11.2. The monoisotopic (exact) mass is 328 g/mol. The Bertz CT molecular complexity index is 408. The first-order valence-corrected chi connectivity index (χ1v) is 7.38. The summed E-state index contributed by atoms with van der Waals surface area (Å²) in [6.45, 7) is 1.74. The fraction of sp³-hybridized carbons (Fsp3) is 0.571. The van der Waals surface area contributed by atoms with Crippen LogP contribution in [0.5, 0.6) is 5.75 Å². The van der Waals surface area contributed by atoms with Gasteiger partial charge in [0.25, 0.3) is 0 Å². The molecular formula is C14H21BrN2O2. The number of hydrogen-bond acceptors (Lipinski definition) is 4. The van der Waals surface area contributed by atoms with E-state index in [0.717, 1.165) is 42.7 Å². The molecule has 0 saturated carbocycles. The first-order chi connectivity index (χ1) is 9.22. The van der Waals surface area contributed by atoms with Gasteiger partial charge in [-0.2, -0.15) is 0 Å². The summed E-state index contributed by atoms with van der Waals surface area (Å²) >= 11 is 3.58. The minimum absolute atomic E-state index is 0.259. The van der Waals surface area contributed by atoms with Gasteiger partial charge in [-0.25, -0.2) is 0 Å². The molecule has 0 radical (unpaired) electrons. The molecule has 0 bridgehead atoms. The molecule has 1 aliphatic rings. The summed E-state index contributed by atoms with van der Waals surface area (Å²) in [5.41, 5.74) is 4.13. The van der Waals surface area contributed by atoms with E-state index in [2.05, 4.69) is 27.4 Å². The van der Waals surface area contributed by atoms with Crippen molar-refractivity contribution in [1.29, 1.82) is 0 Å². The second-order valence-electron chi connectivity index (χ2n) is 4.99. The maximum absolute atomic E-state index is 5.68. The van der Waals surface area contributed by atoms with Gasteiger partial charge in [0.2, 0.25) is 0 Å². The van der Waals surface area contributed by atoms with E-state index < -0.39 is 0 Å².